The Hall–Kier alpha value is -1.85. The zero-order chi connectivity index (χ0) is 15.3. The van der Waals surface area contributed by atoms with Crippen molar-refractivity contribution in [2.24, 2.45) is 0 Å². The van der Waals surface area contributed by atoms with Gasteiger partial charge >= 0.3 is 0 Å². The van der Waals surface area contributed by atoms with Crippen LogP contribution < -0.4 is 4.72 Å². The van der Waals surface area contributed by atoms with Crippen molar-refractivity contribution >= 4 is 10.0 Å². The second-order valence-electron chi connectivity index (χ2n) is 5.08. The molecule has 0 fully saturated rings. The van der Waals surface area contributed by atoms with Crippen molar-refractivity contribution in [3.05, 3.63) is 65.7 Å². The highest BCUT2D eigenvalue weighted by atomic mass is 32.2. The van der Waals surface area contributed by atoms with Crippen LogP contribution in [0.4, 0.5) is 0 Å². The van der Waals surface area contributed by atoms with E-state index in [1.807, 2.05) is 37.3 Å². The van der Waals surface area contributed by atoms with Crippen LogP contribution in [0, 0.1) is 0 Å². The largest absolute Gasteiger partial charge is 0.508 e. The first kappa shape index (κ1) is 15.5. The van der Waals surface area contributed by atoms with Crippen LogP contribution in [-0.2, 0) is 16.6 Å². The number of nitrogens with one attached hydrogen (secondary N) is 1. The summed E-state index contributed by atoms with van der Waals surface area (Å²) < 4.78 is 26.8. The fourth-order valence-electron chi connectivity index (χ4n) is 2.07. The molecular weight excluding hydrogens is 286 g/mol. The maximum atomic E-state index is 12.1. The Labute approximate surface area is 125 Å². The maximum Gasteiger partial charge on any atom is 0.212 e. The van der Waals surface area contributed by atoms with Crippen molar-refractivity contribution in [3.63, 3.8) is 0 Å². The standard InChI is InChI=1S/C16H19NO3S/c1-13(15-5-3-2-4-6-15)12-21(19,20)17-11-14-7-9-16(18)10-8-14/h2-10,13,17-18H,11-12H2,1H3. The molecule has 2 rings (SSSR count). The average molecular weight is 305 g/mol. The number of hydrogen-bond donors (Lipinski definition) is 2. The van der Waals surface area contributed by atoms with Crippen molar-refractivity contribution in [2.45, 2.75) is 19.4 Å². The molecule has 0 saturated carbocycles. The zero-order valence-corrected chi connectivity index (χ0v) is 12.7. The Morgan fingerprint density at radius 1 is 1.05 bits per heavy atom. The van der Waals surface area contributed by atoms with E-state index in [2.05, 4.69) is 4.72 Å². The summed E-state index contributed by atoms with van der Waals surface area (Å²) in [5.41, 5.74) is 1.82. The van der Waals surface area contributed by atoms with Crippen molar-refractivity contribution in [1.82, 2.24) is 4.72 Å². The normalized spacial score (nSPS) is 13.0. The molecule has 2 aromatic rings. The van der Waals surface area contributed by atoms with Gasteiger partial charge in [-0.1, -0.05) is 49.4 Å². The molecule has 0 bridgehead atoms. The smallest absolute Gasteiger partial charge is 0.212 e. The van der Waals surface area contributed by atoms with Gasteiger partial charge < -0.3 is 5.11 Å². The SMILES string of the molecule is CC(CS(=O)(=O)NCc1ccc(O)cc1)c1ccccc1. The van der Waals surface area contributed by atoms with Gasteiger partial charge in [-0.2, -0.15) is 0 Å². The molecule has 0 radical (unpaired) electrons. The van der Waals surface area contributed by atoms with E-state index in [4.69, 9.17) is 0 Å². The molecule has 0 aliphatic heterocycles. The lowest BCUT2D eigenvalue weighted by atomic mass is 10.0. The Bertz CT molecular complexity index is 666. The summed E-state index contributed by atoms with van der Waals surface area (Å²) >= 11 is 0. The van der Waals surface area contributed by atoms with Crippen molar-refractivity contribution in [3.8, 4) is 5.75 Å². The number of phenolic OH excluding ortho intramolecular Hbond substituents is 1. The van der Waals surface area contributed by atoms with Crippen LogP contribution in [-0.4, -0.2) is 19.3 Å². The lowest BCUT2D eigenvalue weighted by Crippen LogP contribution is -2.28. The highest BCUT2D eigenvalue weighted by Crippen LogP contribution is 2.16. The van der Waals surface area contributed by atoms with Gasteiger partial charge in [0.25, 0.3) is 0 Å². The number of rotatable bonds is 6. The van der Waals surface area contributed by atoms with Crippen molar-refractivity contribution in [1.29, 1.82) is 0 Å². The van der Waals surface area contributed by atoms with Crippen LogP contribution in [0.1, 0.15) is 24.0 Å². The van der Waals surface area contributed by atoms with E-state index in [9.17, 15) is 13.5 Å². The second kappa shape index (κ2) is 6.74. The van der Waals surface area contributed by atoms with Crippen molar-refractivity contribution < 1.29 is 13.5 Å². The first-order valence-electron chi connectivity index (χ1n) is 6.76. The van der Waals surface area contributed by atoms with Crippen LogP contribution in [0.5, 0.6) is 5.75 Å². The van der Waals surface area contributed by atoms with E-state index in [1.54, 1.807) is 12.1 Å². The number of benzene rings is 2. The fraction of sp³-hybridized carbons (Fsp3) is 0.250. The van der Waals surface area contributed by atoms with Gasteiger partial charge in [-0.05, 0) is 29.2 Å². The minimum absolute atomic E-state index is 0.0507. The minimum Gasteiger partial charge on any atom is -0.508 e. The van der Waals surface area contributed by atoms with Gasteiger partial charge in [-0.25, -0.2) is 13.1 Å². The summed E-state index contributed by atoms with van der Waals surface area (Å²) in [5, 5.41) is 9.19. The summed E-state index contributed by atoms with van der Waals surface area (Å²) in [7, 11) is -3.35. The topological polar surface area (TPSA) is 66.4 Å². The Kier molecular flexibility index (Phi) is 4.98. The number of phenols is 1. The van der Waals surface area contributed by atoms with Gasteiger partial charge in [0, 0.05) is 6.54 Å². The lowest BCUT2D eigenvalue weighted by molar-refractivity contribution is 0.475. The van der Waals surface area contributed by atoms with E-state index in [-0.39, 0.29) is 24.0 Å². The van der Waals surface area contributed by atoms with E-state index in [1.165, 1.54) is 12.1 Å². The van der Waals surface area contributed by atoms with Crippen LogP contribution in [0.3, 0.4) is 0 Å². The van der Waals surface area contributed by atoms with Gasteiger partial charge in [-0.3, -0.25) is 0 Å². The Morgan fingerprint density at radius 2 is 1.67 bits per heavy atom. The molecule has 5 heteroatoms. The second-order valence-corrected chi connectivity index (χ2v) is 6.93. The highest BCUT2D eigenvalue weighted by Gasteiger charge is 2.16. The number of sulfonamides is 1. The van der Waals surface area contributed by atoms with Crippen LogP contribution >= 0.6 is 0 Å². The van der Waals surface area contributed by atoms with Gasteiger partial charge in [-0.15, -0.1) is 0 Å². The molecule has 112 valence electrons. The molecule has 1 atom stereocenters. The third kappa shape index (κ3) is 4.88. The zero-order valence-electron chi connectivity index (χ0n) is 11.9. The van der Waals surface area contributed by atoms with Gasteiger partial charge in [0.2, 0.25) is 10.0 Å². The maximum absolute atomic E-state index is 12.1. The predicted octanol–water partition coefficient (Wildman–Crippen LogP) is 2.62. The summed E-state index contributed by atoms with van der Waals surface area (Å²) in [4.78, 5) is 0. The molecule has 0 heterocycles. The molecule has 0 aliphatic carbocycles. The summed E-state index contributed by atoms with van der Waals surface area (Å²) in [6, 6.07) is 16.0. The predicted molar refractivity (Wildman–Crippen MR) is 83.6 cm³/mol. The third-order valence-electron chi connectivity index (χ3n) is 3.27. The minimum atomic E-state index is -3.35. The third-order valence-corrected chi connectivity index (χ3v) is 4.79. The van der Waals surface area contributed by atoms with Crippen LogP contribution in [0.2, 0.25) is 0 Å². The molecule has 0 spiro atoms. The number of hydrogen-bond acceptors (Lipinski definition) is 3. The molecule has 0 saturated heterocycles. The first-order valence-corrected chi connectivity index (χ1v) is 8.42. The van der Waals surface area contributed by atoms with E-state index in [0.717, 1.165) is 11.1 Å². The quantitative estimate of drug-likeness (QED) is 0.862. The van der Waals surface area contributed by atoms with Gasteiger partial charge in [0.1, 0.15) is 5.75 Å². The van der Waals surface area contributed by atoms with Crippen molar-refractivity contribution in [2.75, 3.05) is 5.75 Å². The summed E-state index contributed by atoms with van der Waals surface area (Å²) in [6.45, 7) is 2.12. The number of aromatic hydroxyl groups is 1. The Balaban J connectivity index is 1.94. The summed E-state index contributed by atoms with van der Waals surface area (Å²) in [5.74, 6) is 0.151. The molecule has 4 nitrogen and oxygen atoms in total. The molecule has 2 N–H and O–H groups in total. The lowest BCUT2D eigenvalue weighted by Gasteiger charge is -2.13. The summed E-state index contributed by atoms with van der Waals surface area (Å²) in [6.07, 6.45) is 0. The molecule has 0 aliphatic rings. The molecule has 0 amide bonds. The monoisotopic (exact) mass is 305 g/mol. The average Bonchev–Trinajstić information content (AvgIpc) is 2.47. The fourth-order valence-corrected chi connectivity index (χ4v) is 3.43. The molecule has 1 unspecified atom stereocenters. The molecule has 21 heavy (non-hydrogen) atoms. The van der Waals surface area contributed by atoms with Crippen LogP contribution in [0.25, 0.3) is 0 Å². The van der Waals surface area contributed by atoms with E-state index < -0.39 is 10.0 Å². The molecule has 2 aromatic carbocycles. The van der Waals surface area contributed by atoms with E-state index >= 15 is 0 Å². The molecular formula is C16H19NO3S. The van der Waals surface area contributed by atoms with Gasteiger partial charge in [0.15, 0.2) is 0 Å². The first-order chi connectivity index (χ1) is 9.96. The van der Waals surface area contributed by atoms with E-state index in [0.29, 0.717) is 0 Å². The van der Waals surface area contributed by atoms with Gasteiger partial charge in [0.05, 0.1) is 5.75 Å². The Morgan fingerprint density at radius 3 is 2.29 bits per heavy atom. The highest BCUT2D eigenvalue weighted by molar-refractivity contribution is 7.89. The molecule has 0 aromatic heterocycles. The van der Waals surface area contributed by atoms with Crippen LogP contribution in [0.15, 0.2) is 54.6 Å².